The van der Waals surface area contributed by atoms with Gasteiger partial charge in [0, 0.05) is 11.4 Å². The molecular weight excluding hydrogens is 477 g/mol. The molecule has 3 amide bonds. The summed E-state index contributed by atoms with van der Waals surface area (Å²) in [6.07, 6.45) is 0.754. The maximum absolute atomic E-state index is 13.7. The molecule has 180 valence electrons. The fourth-order valence-electron chi connectivity index (χ4n) is 3.31. The monoisotopic (exact) mass is 503 g/mol. The van der Waals surface area contributed by atoms with Crippen LogP contribution in [0.25, 0.3) is 0 Å². The van der Waals surface area contributed by atoms with Gasteiger partial charge in [0.25, 0.3) is 11.8 Å². The van der Waals surface area contributed by atoms with Gasteiger partial charge in [0.15, 0.2) is 5.69 Å². The van der Waals surface area contributed by atoms with Gasteiger partial charge in [-0.05, 0) is 53.0 Å². The van der Waals surface area contributed by atoms with E-state index in [-0.39, 0.29) is 22.8 Å². The minimum absolute atomic E-state index is 0.00690. The van der Waals surface area contributed by atoms with Crippen LogP contribution in [0, 0.1) is 11.7 Å². The third-order valence-corrected chi connectivity index (χ3v) is 6.80. The lowest BCUT2D eigenvalue weighted by Crippen LogP contribution is -2.43. The molecule has 0 saturated carbocycles. The number of nitrogens with one attached hydrogen (secondary N) is 1. The van der Waals surface area contributed by atoms with Crippen LogP contribution < -0.4 is 16.8 Å². The first-order chi connectivity index (χ1) is 16.2. The first kappa shape index (κ1) is 25.3. The molecule has 3 aromatic rings. The largest absolute Gasteiger partial charge is 0.395 e. The molecule has 2 aromatic heterocycles. The van der Waals surface area contributed by atoms with E-state index in [1.807, 2.05) is 31.4 Å². The summed E-state index contributed by atoms with van der Waals surface area (Å²) in [7, 11) is 0. The van der Waals surface area contributed by atoms with E-state index >= 15 is 0 Å². The molecule has 5 N–H and O–H groups in total. The Kier molecular flexibility index (Phi) is 8.35. The van der Waals surface area contributed by atoms with Gasteiger partial charge in [0.2, 0.25) is 5.91 Å². The van der Waals surface area contributed by atoms with Crippen LogP contribution in [-0.2, 0) is 11.3 Å². The molecule has 34 heavy (non-hydrogen) atoms. The van der Waals surface area contributed by atoms with Crippen LogP contribution in [0.4, 0.5) is 10.1 Å². The number of thiophene rings is 1. The van der Waals surface area contributed by atoms with Crippen molar-refractivity contribution in [3.63, 3.8) is 0 Å². The highest BCUT2D eigenvalue weighted by atomic mass is 32.1. The maximum Gasteiger partial charge on any atom is 0.270 e. The molecule has 0 radical (unpaired) electrons. The standard InChI is InChI=1S/C23H26FN5O3S2/c1-13(2)9-10-27-22(31)19(14-5-7-15(24)8-6-14)29(12-16-4-3-11-33-16)23(32)20-17(25)18(21(26)30)28-34-20/h3-8,11,13,19H,9-10,12,25H2,1-2H3,(H2,26,30)(H,27,31)/t19-/m0/s1. The Balaban J connectivity index is 2.05. The van der Waals surface area contributed by atoms with Crippen molar-refractivity contribution >= 4 is 46.3 Å². The van der Waals surface area contributed by atoms with Crippen LogP contribution in [0.3, 0.4) is 0 Å². The summed E-state index contributed by atoms with van der Waals surface area (Å²) in [4.78, 5) is 40.9. The number of halogens is 1. The first-order valence-corrected chi connectivity index (χ1v) is 12.3. The highest BCUT2D eigenvalue weighted by Crippen LogP contribution is 2.31. The zero-order valence-electron chi connectivity index (χ0n) is 18.8. The van der Waals surface area contributed by atoms with E-state index in [9.17, 15) is 18.8 Å². The summed E-state index contributed by atoms with van der Waals surface area (Å²) in [5, 5.41) is 4.75. The average molecular weight is 504 g/mol. The predicted octanol–water partition coefficient (Wildman–Crippen LogP) is 3.57. The Morgan fingerprint density at radius 2 is 1.88 bits per heavy atom. The van der Waals surface area contributed by atoms with Crippen LogP contribution in [0.1, 0.15) is 56.9 Å². The number of primary amides is 1. The van der Waals surface area contributed by atoms with Gasteiger partial charge in [-0.3, -0.25) is 14.4 Å². The van der Waals surface area contributed by atoms with Crippen molar-refractivity contribution in [3.05, 3.63) is 68.6 Å². The van der Waals surface area contributed by atoms with E-state index in [1.165, 1.54) is 40.5 Å². The molecule has 0 saturated heterocycles. The zero-order valence-corrected chi connectivity index (χ0v) is 20.4. The molecule has 1 atom stereocenters. The van der Waals surface area contributed by atoms with Crippen molar-refractivity contribution in [2.75, 3.05) is 12.3 Å². The number of aromatic nitrogens is 1. The fraction of sp³-hybridized carbons (Fsp3) is 0.304. The number of carbonyl (C=O) groups is 3. The van der Waals surface area contributed by atoms with Crippen molar-refractivity contribution in [3.8, 4) is 0 Å². The highest BCUT2D eigenvalue weighted by molar-refractivity contribution is 7.10. The summed E-state index contributed by atoms with van der Waals surface area (Å²) in [6, 6.07) is 8.04. The number of hydrogen-bond donors (Lipinski definition) is 3. The van der Waals surface area contributed by atoms with E-state index in [0.717, 1.165) is 22.8 Å². The van der Waals surface area contributed by atoms with Crippen molar-refractivity contribution in [2.24, 2.45) is 11.7 Å². The molecule has 0 bridgehead atoms. The highest BCUT2D eigenvalue weighted by Gasteiger charge is 2.35. The molecule has 3 rings (SSSR count). The maximum atomic E-state index is 13.7. The van der Waals surface area contributed by atoms with E-state index < -0.39 is 29.6 Å². The summed E-state index contributed by atoms with van der Waals surface area (Å²) in [5.74, 6) is -1.92. The number of rotatable bonds is 10. The molecule has 1 aromatic carbocycles. The summed E-state index contributed by atoms with van der Waals surface area (Å²) < 4.78 is 17.6. The second-order valence-corrected chi connectivity index (χ2v) is 9.88. The molecule has 0 unspecified atom stereocenters. The van der Waals surface area contributed by atoms with Gasteiger partial charge in [0.1, 0.15) is 16.7 Å². The average Bonchev–Trinajstić information content (AvgIpc) is 3.43. The number of hydrogen-bond acceptors (Lipinski definition) is 7. The van der Waals surface area contributed by atoms with Crippen molar-refractivity contribution in [1.29, 1.82) is 0 Å². The van der Waals surface area contributed by atoms with Gasteiger partial charge in [-0.15, -0.1) is 11.3 Å². The van der Waals surface area contributed by atoms with Crippen LogP contribution in [0.5, 0.6) is 0 Å². The molecule has 8 nitrogen and oxygen atoms in total. The van der Waals surface area contributed by atoms with Crippen LogP contribution >= 0.6 is 22.9 Å². The Morgan fingerprint density at radius 1 is 1.18 bits per heavy atom. The Bertz CT molecular complexity index is 1150. The zero-order chi connectivity index (χ0) is 24.8. The van der Waals surface area contributed by atoms with Crippen molar-refractivity contribution in [1.82, 2.24) is 14.6 Å². The molecule has 0 fully saturated rings. The molecule has 2 heterocycles. The lowest BCUT2D eigenvalue weighted by atomic mass is 10.0. The number of carbonyl (C=O) groups excluding carboxylic acids is 3. The van der Waals surface area contributed by atoms with Crippen molar-refractivity contribution < 1.29 is 18.8 Å². The van der Waals surface area contributed by atoms with E-state index in [0.29, 0.717) is 18.0 Å². The number of benzene rings is 1. The van der Waals surface area contributed by atoms with Gasteiger partial charge in [-0.25, -0.2) is 4.39 Å². The summed E-state index contributed by atoms with van der Waals surface area (Å²) in [6.45, 7) is 4.60. The number of nitrogen functional groups attached to an aromatic ring is 1. The fourth-order valence-corrected chi connectivity index (χ4v) is 4.77. The minimum Gasteiger partial charge on any atom is -0.395 e. The molecular formula is C23H26FN5O3S2. The lowest BCUT2D eigenvalue weighted by Gasteiger charge is -2.31. The van der Waals surface area contributed by atoms with Crippen LogP contribution in [0.2, 0.25) is 0 Å². The second kappa shape index (κ2) is 11.2. The smallest absolute Gasteiger partial charge is 0.270 e. The Hall–Kier alpha value is -3.31. The Morgan fingerprint density at radius 3 is 2.44 bits per heavy atom. The SMILES string of the molecule is CC(C)CCNC(=O)[C@H](c1ccc(F)cc1)N(Cc1cccs1)C(=O)c1snc(C(N)=O)c1N. The second-order valence-electron chi connectivity index (χ2n) is 8.08. The van der Waals surface area contributed by atoms with Crippen molar-refractivity contribution in [2.45, 2.75) is 32.9 Å². The third-order valence-electron chi connectivity index (χ3n) is 5.09. The number of amides is 3. The van der Waals surface area contributed by atoms with E-state index in [2.05, 4.69) is 9.69 Å². The van der Waals surface area contributed by atoms with Gasteiger partial charge < -0.3 is 21.7 Å². The third kappa shape index (κ3) is 5.97. The van der Waals surface area contributed by atoms with E-state index in [1.54, 1.807) is 0 Å². The first-order valence-electron chi connectivity index (χ1n) is 10.6. The number of anilines is 1. The van der Waals surface area contributed by atoms with Crippen LogP contribution in [0.15, 0.2) is 41.8 Å². The summed E-state index contributed by atoms with van der Waals surface area (Å²) >= 11 is 2.17. The number of nitrogens with two attached hydrogens (primary N) is 2. The van der Waals surface area contributed by atoms with E-state index in [4.69, 9.17) is 11.5 Å². The summed E-state index contributed by atoms with van der Waals surface area (Å²) in [5.41, 5.74) is 11.4. The van der Waals surface area contributed by atoms with Gasteiger partial charge in [0.05, 0.1) is 12.2 Å². The molecule has 0 spiro atoms. The quantitative estimate of drug-likeness (QED) is 0.389. The number of nitrogens with zero attached hydrogens (tertiary/aromatic N) is 2. The normalized spacial score (nSPS) is 11.9. The lowest BCUT2D eigenvalue weighted by molar-refractivity contribution is -0.126. The molecule has 0 aliphatic heterocycles. The molecule has 0 aliphatic rings. The minimum atomic E-state index is -1.07. The van der Waals surface area contributed by atoms with Gasteiger partial charge in [-0.1, -0.05) is 32.0 Å². The molecule has 0 aliphatic carbocycles. The molecule has 11 heteroatoms. The Labute approximate surface area is 204 Å². The van der Waals surface area contributed by atoms with Gasteiger partial charge in [-0.2, -0.15) is 4.37 Å². The van der Waals surface area contributed by atoms with Gasteiger partial charge >= 0.3 is 0 Å². The van der Waals surface area contributed by atoms with Crippen LogP contribution in [-0.4, -0.2) is 33.5 Å². The predicted molar refractivity (Wildman–Crippen MR) is 131 cm³/mol. The topological polar surface area (TPSA) is 131 Å².